The summed E-state index contributed by atoms with van der Waals surface area (Å²) in [5, 5.41) is 25.2. The van der Waals surface area contributed by atoms with Gasteiger partial charge in [0.1, 0.15) is 5.56 Å². The van der Waals surface area contributed by atoms with Crippen LogP contribution < -0.4 is 5.32 Å². The first-order valence-corrected chi connectivity index (χ1v) is 5.18. The molecule has 0 saturated carbocycles. The van der Waals surface area contributed by atoms with Crippen molar-refractivity contribution in [1.82, 2.24) is 15.1 Å². The number of nitrogens with one attached hydrogen (secondary N) is 1. The molecule has 7 nitrogen and oxygen atoms in total. The van der Waals surface area contributed by atoms with Crippen LogP contribution in [0, 0.1) is 0 Å². The standard InChI is InChI=1S/C10H17N3O4/c1-13-9(8(4-12-13)10(15)16)5-11-3-7(14)6-17-2/h4,7,11,14H,3,5-6H2,1-2H3,(H,15,16). The Bertz CT molecular complexity index is 378. The van der Waals surface area contributed by atoms with Crippen LogP contribution in [-0.2, 0) is 18.3 Å². The van der Waals surface area contributed by atoms with E-state index in [-0.39, 0.29) is 12.2 Å². The number of carbonyl (C=O) groups is 1. The van der Waals surface area contributed by atoms with Gasteiger partial charge >= 0.3 is 5.97 Å². The maximum Gasteiger partial charge on any atom is 0.339 e. The Balaban J connectivity index is 2.51. The molecule has 0 bridgehead atoms. The molecule has 0 saturated heterocycles. The summed E-state index contributed by atoms with van der Waals surface area (Å²) >= 11 is 0. The highest BCUT2D eigenvalue weighted by Gasteiger charge is 2.14. The summed E-state index contributed by atoms with van der Waals surface area (Å²) < 4.78 is 6.27. The number of aromatic carboxylic acids is 1. The molecule has 1 aromatic rings. The molecule has 0 aliphatic carbocycles. The van der Waals surface area contributed by atoms with Crippen molar-refractivity contribution in [3.05, 3.63) is 17.5 Å². The number of hydrogen-bond donors (Lipinski definition) is 3. The number of methoxy groups -OCH3 is 1. The summed E-state index contributed by atoms with van der Waals surface area (Å²) in [7, 11) is 3.18. The number of aliphatic hydroxyl groups is 1. The van der Waals surface area contributed by atoms with Gasteiger partial charge in [-0.2, -0.15) is 5.10 Å². The number of aliphatic hydroxyl groups excluding tert-OH is 1. The van der Waals surface area contributed by atoms with Gasteiger partial charge < -0.3 is 20.3 Å². The van der Waals surface area contributed by atoms with E-state index in [1.807, 2.05) is 0 Å². The molecule has 0 fully saturated rings. The van der Waals surface area contributed by atoms with Gasteiger partial charge in [0.2, 0.25) is 0 Å². The minimum Gasteiger partial charge on any atom is -0.478 e. The molecule has 0 aliphatic heterocycles. The van der Waals surface area contributed by atoms with Crippen molar-refractivity contribution in [3.63, 3.8) is 0 Å². The second-order valence-corrected chi connectivity index (χ2v) is 3.67. The van der Waals surface area contributed by atoms with Crippen LogP contribution in [0.1, 0.15) is 16.1 Å². The molecule has 0 amide bonds. The first-order valence-electron chi connectivity index (χ1n) is 5.18. The van der Waals surface area contributed by atoms with Gasteiger partial charge in [0, 0.05) is 27.2 Å². The molecular weight excluding hydrogens is 226 g/mol. The summed E-state index contributed by atoms with van der Waals surface area (Å²) in [6.45, 7) is 0.904. The van der Waals surface area contributed by atoms with Gasteiger partial charge in [-0.15, -0.1) is 0 Å². The third-order valence-corrected chi connectivity index (χ3v) is 2.32. The summed E-state index contributed by atoms with van der Waals surface area (Å²) in [5.74, 6) is -1.01. The summed E-state index contributed by atoms with van der Waals surface area (Å²) in [4.78, 5) is 10.9. The van der Waals surface area contributed by atoms with E-state index in [1.54, 1.807) is 7.05 Å². The number of hydrogen-bond acceptors (Lipinski definition) is 5. The zero-order chi connectivity index (χ0) is 12.8. The maximum atomic E-state index is 10.9. The lowest BCUT2D eigenvalue weighted by Crippen LogP contribution is -2.30. The van der Waals surface area contributed by atoms with Crippen molar-refractivity contribution in [2.75, 3.05) is 20.3 Å². The number of carboxylic acid groups (broad SMARTS) is 1. The normalized spacial score (nSPS) is 12.6. The van der Waals surface area contributed by atoms with Crippen molar-refractivity contribution in [2.24, 2.45) is 7.05 Å². The van der Waals surface area contributed by atoms with E-state index in [0.717, 1.165) is 0 Å². The van der Waals surface area contributed by atoms with Crippen LogP contribution in [-0.4, -0.2) is 52.3 Å². The van der Waals surface area contributed by atoms with Crippen molar-refractivity contribution >= 4 is 5.97 Å². The van der Waals surface area contributed by atoms with Crippen molar-refractivity contribution in [3.8, 4) is 0 Å². The highest BCUT2D eigenvalue weighted by Crippen LogP contribution is 2.06. The Morgan fingerprint density at radius 2 is 2.41 bits per heavy atom. The van der Waals surface area contributed by atoms with Crippen LogP contribution in [0.15, 0.2) is 6.20 Å². The van der Waals surface area contributed by atoms with E-state index in [4.69, 9.17) is 9.84 Å². The number of aryl methyl sites for hydroxylation is 1. The Kier molecular flexibility index (Phi) is 5.08. The summed E-state index contributed by atoms with van der Waals surface area (Å²) in [6.07, 6.45) is 0.701. The Labute approximate surface area is 99.0 Å². The number of ether oxygens (including phenoxy) is 1. The third kappa shape index (κ3) is 3.81. The van der Waals surface area contributed by atoms with Gasteiger partial charge in [-0.3, -0.25) is 4.68 Å². The zero-order valence-electron chi connectivity index (χ0n) is 9.88. The van der Waals surface area contributed by atoms with Crippen LogP contribution in [0.3, 0.4) is 0 Å². The first kappa shape index (κ1) is 13.6. The lowest BCUT2D eigenvalue weighted by molar-refractivity contribution is 0.0642. The molecule has 0 aliphatic rings. The van der Waals surface area contributed by atoms with Gasteiger partial charge in [0.05, 0.1) is 24.6 Å². The SMILES string of the molecule is COCC(O)CNCc1c(C(=O)O)cnn1C. The average Bonchev–Trinajstić information content (AvgIpc) is 2.61. The molecule has 7 heteroatoms. The van der Waals surface area contributed by atoms with Crippen LogP contribution in [0.5, 0.6) is 0 Å². The van der Waals surface area contributed by atoms with E-state index in [1.165, 1.54) is 18.0 Å². The fourth-order valence-electron chi connectivity index (χ4n) is 1.46. The molecular formula is C10H17N3O4. The maximum absolute atomic E-state index is 10.9. The van der Waals surface area contributed by atoms with E-state index >= 15 is 0 Å². The monoisotopic (exact) mass is 243 g/mol. The van der Waals surface area contributed by atoms with Crippen LogP contribution in [0.25, 0.3) is 0 Å². The highest BCUT2D eigenvalue weighted by molar-refractivity contribution is 5.88. The van der Waals surface area contributed by atoms with E-state index in [2.05, 4.69) is 10.4 Å². The lowest BCUT2D eigenvalue weighted by Gasteiger charge is -2.11. The predicted octanol–water partition coefficient (Wildman–Crippen LogP) is -0.785. The quantitative estimate of drug-likeness (QED) is 0.581. The topological polar surface area (TPSA) is 96.6 Å². The Hall–Kier alpha value is -1.44. The number of nitrogens with zero attached hydrogens (tertiary/aromatic N) is 2. The second-order valence-electron chi connectivity index (χ2n) is 3.67. The van der Waals surface area contributed by atoms with Gasteiger partial charge in [-0.25, -0.2) is 4.79 Å². The predicted molar refractivity (Wildman–Crippen MR) is 59.8 cm³/mol. The second kappa shape index (κ2) is 6.33. The Morgan fingerprint density at radius 1 is 1.71 bits per heavy atom. The molecule has 3 N–H and O–H groups in total. The molecule has 17 heavy (non-hydrogen) atoms. The summed E-state index contributed by atoms with van der Waals surface area (Å²) in [6, 6.07) is 0. The third-order valence-electron chi connectivity index (χ3n) is 2.32. The minimum atomic E-state index is -1.01. The fourth-order valence-corrected chi connectivity index (χ4v) is 1.46. The molecule has 0 aromatic carbocycles. The minimum absolute atomic E-state index is 0.168. The largest absolute Gasteiger partial charge is 0.478 e. The fraction of sp³-hybridized carbons (Fsp3) is 0.600. The number of aromatic nitrogens is 2. The number of rotatable bonds is 7. The van der Waals surface area contributed by atoms with Gasteiger partial charge in [0.15, 0.2) is 0 Å². The van der Waals surface area contributed by atoms with Gasteiger partial charge in [-0.1, -0.05) is 0 Å². The van der Waals surface area contributed by atoms with Crippen LogP contribution in [0.4, 0.5) is 0 Å². The van der Waals surface area contributed by atoms with Crippen molar-refractivity contribution < 1.29 is 19.7 Å². The van der Waals surface area contributed by atoms with Crippen molar-refractivity contribution in [1.29, 1.82) is 0 Å². The van der Waals surface area contributed by atoms with Crippen LogP contribution >= 0.6 is 0 Å². The van der Waals surface area contributed by atoms with E-state index < -0.39 is 12.1 Å². The number of carboxylic acids is 1. The molecule has 1 heterocycles. The molecule has 1 unspecified atom stereocenters. The molecule has 1 aromatic heterocycles. The van der Waals surface area contributed by atoms with Crippen molar-refractivity contribution in [2.45, 2.75) is 12.6 Å². The average molecular weight is 243 g/mol. The zero-order valence-corrected chi connectivity index (χ0v) is 9.88. The van der Waals surface area contributed by atoms with E-state index in [0.29, 0.717) is 18.8 Å². The Morgan fingerprint density at radius 3 is 3.00 bits per heavy atom. The molecule has 0 radical (unpaired) electrons. The highest BCUT2D eigenvalue weighted by atomic mass is 16.5. The van der Waals surface area contributed by atoms with E-state index in [9.17, 15) is 9.90 Å². The molecule has 0 spiro atoms. The van der Waals surface area contributed by atoms with Gasteiger partial charge in [0.25, 0.3) is 0 Å². The first-order chi connectivity index (χ1) is 8.06. The molecule has 1 atom stereocenters. The lowest BCUT2D eigenvalue weighted by atomic mass is 10.2. The van der Waals surface area contributed by atoms with Gasteiger partial charge in [-0.05, 0) is 0 Å². The molecule has 1 rings (SSSR count). The summed E-state index contributed by atoms with van der Waals surface area (Å²) in [5.41, 5.74) is 0.739. The smallest absolute Gasteiger partial charge is 0.339 e. The molecule has 96 valence electrons. The van der Waals surface area contributed by atoms with Crippen LogP contribution in [0.2, 0.25) is 0 Å².